The van der Waals surface area contributed by atoms with Crippen molar-refractivity contribution in [2.75, 3.05) is 19.8 Å². The number of ether oxygens (including phenoxy) is 2. The van der Waals surface area contributed by atoms with Gasteiger partial charge in [-0.2, -0.15) is 0 Å². The summed E-state index contributed by atoms with van der Waals surface area (Å²) in [6, 6.07) is 16.8. The highest BCUT2D eigenvalue weighted by Crippen LogP contribution is 2.19. The number of carboxylic acids is 1. The predicted molar refractivity (Wildman–Crippen MR) is 109 cm³/mol. The van der Waals surface area contributed by atoms with Crippen molar-refractivity contribution in [1.29, 1.82) is 0 Å². The highest BCUT2D eigenvalue weighted by atomic mass is 16.5. The minimum absolute atomic E-state index is 0.0309. The molecule has 1 unspecified atom stereocenters. The average Bonchev–Trinajstić information content (AvgIpc) is 3.25. The predicted octanol–water partition coefficient (Wildman–Crippen LogP) is 3.75. The van der Waals surface area contributed by atoms with Crippen LogP contribution in [-0.2, 0) is 16.1 Å². The Balaban J connectivity index is 1.67. The number of rotatable bonds is 10. The van der Waals surface area contributed by atoms with Crippen molar-refractivity contribution < 1.29 is 24.2 Å². The standard InChI is InChI=1S/C23H27NO5/c25-22(26)12-5-13-24(16-18-7-2-1-3-8-18)23(27)19-9-4-10-20(15-19)29-17-21-11-6-14-28-21/h1-4,7-10,15,21H,5-6,11-14,16-17H2,(H,25,26). The molecule has 0 aromatic heterocycles. The van der Waals surface area contributed by atoms with E-state index >= 15 is 0 Å². The minimum Gasteiger partial charge on any atom is -0.491 e. The van der Waals surface area contributed by atoms with Crippen LogP contribution in [0.15, 0.2) is 54.6 Å². The molecule has 2 aromatic carbocycles. The van der Waals surface area contributed by atoms with Gasteiger partial charge in [-0.25, -0.2) is 0 Å². The first kappa shape index (κ1) is 20.9. The third-order valence-corrected chi connectivity index (χ3v) is 4.86. The van der Waals surface area contributed by atoms with E-state index < -0.39 is 5.97 Å². The van der Waals surface area contributed by atoms with E-state index in [0.717, 1.165) is 25.0 Å². The van der Waals surface area contributed by atoms with E-state index in [9.17, 15) is 9.59 Å². The van der Waals surface area contributed by atoms with Gasteiger partial charge in [-0.1, -0.05) is 36.4 Å². The molecule has 0 saturated carbocycles. The molecule has 0 spiro atoms. The van der Waals surface area contributed by atoms with Crippen LogP contribution in [0.1, 0.15) is 41.6 Å². The summed E-state index contributed by atoms with van der Waals surface area (Å²) in [5.41, 5.74) is 1.53. The molecule has 1 aliphatic rings. The third kappa shape index (κ3) is 6.61. The second kappa shape index (κ2) is 10.6. The summed E-state index contributed by atoms with van der Waals surface area (Å²) in [5, 5.41) is 8.93. The van der Waals surface area contributed by atoms with E-state index in [-0.39, 0.29) is 18.4 Å². The maximum Gasteiger partial charge on any atom is 0.303 e. The van der Waals surface area contributed by atoms with E-state index in [0.29, 0.717) is 37.4 Å². The Labute approximate surface area is 171 Å². The van der Waals surface area contributed by atoms with Crippen molar-refractivity contribution in [2.24, 2.45) is 0 Å². The fourth-order valence-corrected chi connectivity index (χ4v) is 3.34. The zero-order valence-corrected chi connectivity index (χ0v) is 16.5. The largest absolute Gasteiger partial charge is 0.491 e. The Kier molecular flexibility index (Phi) is 7.64. The van der Waals surface area contributed by atoms with E-state index in [1.54, 1.807) is 23.1 Å². The highest BCUT2D eigenvalue weighted by Gasteiger charge is 2.19. The molecular weight excluding hydrogens is 370 g/mol. The van der Waals surface area contributed by atoms with E-state index in [2.05, 4.69) is 0 Å². The maximum absolute atomic E-state index is 13.1. The van der Waals surface area contributed by atoms with Crippen LogP contribution >= 0.6 is 0 Å². The Hall–Kier alpha value is -2.86. The zero-order valence-electron chi connectivity index (χ0n) is 16.5. The van der Waals surface area contributed by atoms with Gasteiger partial charge in [-0.15, -0.1) is 0 Å². The second-order valence-corrected chi connectivity index (χ2v) is 7.18. The number of aliphatic carboxylic acids is 1. The van der Waals surface area contributed by atoms with Gasteiger partial charge in [0.25, 0.3) is 5.91 Å². The normalized spacial score (nSPS) is 15.8. The molecule has 154 valence electrons. The fourth-order valence-electron chi connectivity index (χ4n) is 3.34. The molecule has 3 rings (SSSR count). The number of nitrogens with zero attached hydrogens (tertiary/aromatic N) is 1. The summed E-state index contributed by atoms with van der Waals surface area (Å²) in [5.74, 6) is -0.361. The van der Waals surface area contributed by atoms with Gasteiger partial charge in [-0.3, -0.25) is 9.59 Å². The van der Waals surface area contributed by atoms with Gasteiger partial charge in [-0.05, 0) is 43.0 Å². The zero-order chi connectivity index (χ0) is 20.5. The van der Waals surface area contributed by atoms with Crippen molar-refractivity contribution in [3.63, 3.8) is 0 Å². The van der Waals surface area contributed by atoms with Gasteiger partial charge >= 0.3 is 5.97 Å². The summed E-state index contributed by atoms with van der Waals surface area (Å²) in [6.45, 7) is 2.06. The molecule has 0 aliphatic carbocycles. The molecule has 29 heavy (non-hydrogen) atoms. The molecule has 1 fully saturated rings. The van der Waals surface area contributed by atoms with Crippen LogP contribution in [0.25, 0.3) is 0 Å². The van der Waals surface area contributed by atoms with Gasteiger partial charge in [0.1, 0.15) is 12.4 Å². The average molecular weight is 397 g/mol. The van der Waals surface area contributed by atoms with Gasteiger partial charge < -0.3 is 19.5 Å². The summed E-state index contributed by atoms with van der Waals surface area (Å²) in [7, 11) is 0. The number of carbonyl (C=O) groups is 2. The molecule has 0 bridgehead atoms. The number of carbonyl (C=O) groups excluding carboxylic acids is 1. The molecule has 1 N–H and O–H groups in total. The summed E-state index contributed by atoms with van der Waals surface area (Å²) < 4.78 is 11.4. The van der Waals surface area contributed by atoms with Crippen LogP contribution in [0.3, 0.4) is 0 Å². The van der Waals surface area contributed by atoms with E-state index in [1.807, 2.05) is 36.4 Å². The van der Waals surface area contributed by atoms with Crippen molar-refractivity contribution in [1.82, 2.24) is 4.90 Å². The van der Waals surface area contributed by atoms with Gasteiger partial charge in [0.05, 0.1) is 6.10 Å². The second-order valence-electron chi connectivity index (χ2n) is 7.18. The maximum atomic E-state index is 13.1. The summed E-state index contributed by atoms with van der Waals surface area (Å²) in [4.78, 5) is 25.7. The number of benzene rings is 2. The lowest BCUT2D eigenvalue weighted by molar-refractivity contribution is -0.137. The van der Waals surface area contributed by atoms with Crippen LogP contribution in [-0.4, -0.2) is 47.7 Å². The summed E-state index contributed by atoms with van der Waals surface area (Å²) in [6.07, 6.45) is 2.59. The van der Waals surface area contributed by atoms with Crippen molar-refractivity contribution in [2.45, 2.75) is 38.3 Å². The Bertz CT molecular complexity index is 802. The molecule has 2 aromatic rings. The van der Waals surface area contributed by atoms with Crippen LogP contribution in [0.5, 0.6) is 5.75 Å². The molecule has 0 radical (unpaired) electrons. The van der Waals surface area contributed by atoms with Crippen LogP contribution in [0.4, 0.5) is 0 Å². The molecule has 1 aliphatic heterocycles. The van der Waals surface area contributed by atoms with E-state index in [4.69, 9.17) is 14.6 Å². The summed E-state index contributed by atoms with van der Waals surface area (Å²) >= 11 is 0. The van der Waals surface area contributed by atoms with E-state index in [1.165, 1.54) is 0 Å². The third-order valence-electron chi connectivity index (χ3n) is 4.86. The van der Waals surface area contributed by atoms with Crippen molar-refractivity contribution in [3.8, 4) is 5.75 Å². The van der Waals surface area contributed by atoms with Crippen LogP contribution in [0.2, 0.25) is 0 Å². The monoisotopic (exact) mass is 397 g/mol. The van der Waals surface area contributed by atoms with Gasteiger partial charge in [0.15, 0.2) is 0 Å². The number of carboxylic acid groups (broad SMARTS) is 1. The number of hydrogen-bond donors (Lipinski definition) is 1. The lowest BCUT2D eigenvalue weighted by atomic mass is 10.1. The molecule has 6 heteroatoms. The smallest absolute Gasteiger partial charge is 0.303 e. The molecule has 1 atom stereocenters. The van der Waals surface area contributed by atoms with Gasteiger partial charge in [0, 0.05) is 31.7 Å². The molecule has 6 nitrogen and oxygen atoms in total. The number of amides is 1. The quantitative estimate of drug-likeness (QED) is 0.661. The van der Waals surface area contributed by atoms with Crippen molar-refractivity contribution >= 4 is 11.9 Å². The minimum atomic E-state index is -0.860. The van der Waals surface area contributed by atoms with Crippen LogP contribution < -0.4 is 4.74 Å². The highest BCUT2D eigenvalue weighted by molar-refractivity contribution is 5.94. The lowest BCUT2D eigenvalue weighted by Gasteiger charge is -2.23. The fraction of sp³-hybridized carbons (Fsp3) is 0.391. The Morgan fingerprint density at radius 2 is 1.97 bits per heavy atom. The Morgan fingerprint density at radius 1 is 1.14 bits per heavy atom. The first-order valence-corrected chi connectivity index (χ1v) is 10.0. The van der Waals surface area contributed by atoms with Gasteiger partial charge in [0.2, 0.25) is 0 Å². The molecule has 1 saturated heterocycles. The first-order chi connectivity index (χ1) is 14.1. The molecule has 1 amide bonds. The SMILES string of the molecule is O=C(O)CCCN(Cc1ccccc1)C(=O)c1cccc(OCC2CCCO2)c1. The Morgan fingerprint density at radius 3 is 2.69 bits per heavy atom. The van der Waals surface area contributed by atoms with Crippen molar-refractivity contribution in [3.05, 3.63) is 65.7 Å². The topological polar surface area (TPSA) is 76.1 Å². The first-order valence-electron chi connectivity index (χ1n) is 10.0. The van der Waals surface area contributed by atoms with Crippen LogP contribution in [0, 0.1) is 0 Å². The number of hydrogen-bond acceptors (Lipinski definition) is 4. The lowest BCUT2D eigenvalue weighted by Crippen LogP contribution is -2.32. The molecule has 1 heterocycles. The molecular formula is C23H27NO5.